The van der Waals surface area contributed by atoms with Crippen molar-refractivity contribution in [2.24, 2.45) is 9.98 Å². The van der Waals surface area contributed by atoms with E-state index in [-0.39, 0.29) is 17.9 Å². The molecule has 4 rings (SSSR count). The second-order valence-corrected chi connectivity index (χ2v) is 4.33. The summed E-state index contributed by atoms with van der Waals surface area (Å²) in [5.74, 6) is -0.718. The van der Waals surface area contributed by atoms with Crippen molar-refractivity contribution in [3.63, 3.8) is 0 Å². The van der Waals surface area contributed by atoms with E-state index in [0.29, 0.717) is 16.7 Å². The molecular weight excluding hydrogens is 230 g/mol. The maximum atomic E-state index is 11.9. The van der Waals surface area contributed by atoms with Gasteiger partial charge >= 0.3 is 0 Å². The van der Waals surface area contributed by atoms with Gasteiger partial charge in [0.05, 0.1) is 11.3 Å². The van der Waals surface area contributed by atoms with Gasteiger partial charge in [0.2, 0.25) is 0 Å². The predicted octanol–water partition coefficient (Wildman–Crippen LogP) is 0.878. The molecule has 0 aromatic heterocycles. The first-order chi connectivity index (χ1) is 8.75. The second-order valence-electron chi connectivity index (χ2n) is 4.33. The molecule has 0 radical (unpaired) electrons. The summed E-state index contributed by atoms with van der Waals surface area (Å²) in [5, 5.41) is 2.34. The lowest BCUT2D eigenvalue weighted by Gasteiger charge is -2.26. The largest absolute Gasteiger partial charge is 0.288 e. The van der Waals surface area contributed by atoms with Crippen molar-refractivity contribution in [2.75, 3.05) is 0 Å². The first-order valence-electron chi connectivity index (χ1n) is 5.56. The molecule has 3 aliphatic rings. The van der Waals surface area contributed by atoms with E-state index in [0.717, 1.165) is 11.3 Å². The van der Waals surface area contributed by atoms with Gasteiger partial charge in [-0.2, -0.15) is 0 Å². The van der Waals surface area contributed by atoms with E-state index in [1.54, 1.807) is 18.2 Å². The van der Waals surface area contributed by atoms with Crippen molar-refractivity contribution in [2.45, 2.75) is 6.04 Å². The highest BCUT2D eigenvalue weighted by atomic mass is 16.2. The van der Waals surface area contributed by atoms with E-state index in [9.17, 15) is 9.59 Å². The van der Waals surface area contributed by atoms with Crippen LogP contribution in [0.3, 0.4) is 0 Å². The number of imide groups is 1. The van der Waals surface area contributed by atoms with Crippen LogP contribution in [-0.2, 0) is 4.79 Å². The molecule has 1 aliphatic carbocycles. The minimum absolute atomic E-state index is 0.178. The van der Waals surface area contributed by atoms with Crippen molar-refractivity contribution in [1.82, 2.24) is 5.32 Å². The zero-order valence-electron chi connectivity index (χ0n) is 9.18. The first kappa shape index (κ1) is 9.47. The number of fused-ring (bicyclic) bond motifs is 2. The fraction of sp³-hybridized carbons (Fsp3) is 0.0769. The monoisotopic (exact) mass is 237 g/mol. The van der Waals surface area contributed by atoms with Crippen molar-refractivity contribution in [1.29, 1.82) is 0 Å². The summed E-state index contributed by atoms with van der Waals surface area (Å²) in [7, 11) is 0. The molecule has 0 spiro atoms. The molecule has 2 aliphatic heterocycles. The molecule has 0 saturated heterocycles. The zero-order chi connectivity index (χ0) is 12.3. The fourth-order valence-electron chi connectivity index (χ4n) is 2.59. The Morgan fingerprint density at radius 3 is 2.94 bits per heavy atom. The van der Waals surface area contributed by atoms with Crippen LogP contribution in [0.25, 0.3) is 5.57 Å². The summed E-state index contributed by atoms with van der Waals surface area (Å²) >= 11 is 0. The summed E-state index contributed by atoms with van der Waals surface area (Å²) in [6.45, 7) is 0. The van der Waals surface area contributed by atoms with Gasteiger partial charge in [-0.3, -0.25) is 19.9 Å². The Hall–Kier alpha value is -2.56. The molecule has 5 nitrogen and oxygen atoms in total. The van der Waals surface area contributed by atoms with Crippen LogP contribution in [0.5, 0.6) is 0 Å². The highest BCUT2D eigenvalue weighted by Crippen LogP contribution is 2.38. The lowest BCUT2D eigenvalue weighted by atomic mass is 9.81. The smallest absolute Gasteiger partial charge is 0.258 e. The van der Waals surface area contributed by atoms with Crippen LogP contribution in [0.4, 0.5) is 0 Å². The van der Waals surface area contributed by atoms with Crippen molar-refractivity contribution < 1.29 is 9.59 Å². The average Bonchev–Trinajstić information content (AvgIpc) is 2.83. The molecule has 1 atom stereocenters. The minimum Gasteiger partial charge on any atom is -0.288 e. The van der Waals surface area contributed by atoms with Gasteiger partial charge < -0.3 is 0 Å². The van der Waals surface area contributed by atoms with Gasteiger partial charge in [0.1, 0.15) is 12.4 Å². The number of nitrogens with one attached hydrogen (secondary N) is 1. The van der Waals surface area contributed by atoms with Gasteiger partial charge in [0, 0.05) is 11.1 Å². The van der Waals surface area contributed by atoms with Crippen LogP contribution in [0.15, 0.2) is 34.3 Å². The lowest BCUT2D eigenvalue weighted by Crippen LogP contribution is -2.38. The summed E-state index contributed by atoms with van der Waals surface area (Å²) in [6.07, 6.45) is 3.21. The molecule has 1 unspecified atom stereocenters. The van der Waals surface area contributed by atoms with E-state index < -0.39 is 0 Å². The van der Waals surface area contributed by atoms with Gasteiger partial charge in [0.15, 0.2) is 0 Å². The van der Waals surface area contributed by atoms with E-state index in [4.69, 9.17) is 0 Å². The van der Waals surface area contributed by atoms with Gasteiger partial charge in [-0.1, -0.05) is 12.1 Å². The molecule has 0 saturated carbocycles. The van der Waals surface area contributed by atoms with Crippen molar-refractivity contribution >= 4 is 29.4 Å². The summed E-state index contributed by atoms with van der Waals surface area (Å²) in [4.78, 5) is 32.1. The van der Waals surface area contributed by atoms with E-state index in [1.807, 2.05) is 6.07 Å². The summed E-state index contributed by atoms with van der Waals surface area (Å²) < 4.78 is 0. The number of carbonyl (C=O) groups is 2. The van der Waals surface area contributed by atoms with Crippen LogP contribution >= 0.6 is 0 Å². The third-order valence-corrected chi connectivity index (χ3v) is 3.37. The fourth-order valence-corrected chi connectivity index (χ4v) is 2.59. The van der Waals surface area contributed by atoms with E-state index >= 15 is 0 Å². The normalized spacial score (nSPS) is 23.0. The molecule has 18 heavy (non-hydrogen) atoms. The minimum atomic E-state index is -0.368. The predicted molar refractivity (Wildman–Crippen MR) is 65.6 cm³/mol. The SMILES string of the molecule is O=C1NC(=O)c2cccc3c2C1=CC1=NC=NC13. The van der Waals surface area contributed by atoms with Gasteiger partial charge in [-0.15, -0.1) is 0 Å². The number of carbonyl (C=O) groups excluding carboxylic acids is 2. The number of amides is 2. The number of aliphatic imine (C=N–C) groups is 2. The molecule has 2 heterocycles. The number of benzene rings is 1. The van der Waals surface area contributed by atoms with E-state index in [2.05, 4.69) is 15.3 Å². The van der Waals surface area contributed by atoms with Crippen molar-refractivity contribution in [3.8, 4) is 0 Å². The number of hydrogen-bond donors (Lipinski definition) is 1. The topological polar surface area (TPSA) is 70.9 Å². The Kier molecular flexibility index (Phi) is 1.58. The van der Waals surface area contributed by atoms with Gasteiger partial charge in [-0.05, 0) is 17.7 Å². The van der Waals surface area contributed by atoms with E-state index in [1.165, 1.54) is 6.34 Å². The number of hydrogen-bond acceptors (Lipinski definition) is 4. The first-order valence-corrected chi connectivity index (χ1v) is 5.56. The highest BCUT2D eigenvalue weighted by molar-refractivity contribution is 6.36. The number of rotatable bonds is 0. The molecule has 1 aromatic rings. The Bertz CT molecular complexity index is 713. The highest BCUT2D eigenvalue weighted by Gasteiger charge is 2.36. The molecular formula is C13H7N3O2. The second kappa shape index (κ2) is 3.01. The third kappa shape index (κ3) is 1.01. The molecule has 86 valence electrons. The Morgan fingerprint density at radius 1 is 1.17 bits per heavy atom. The molecule has 5 heteroatoms. The standard InChI is InChI=1S/C13H7N3O2/c17-12-7-3-1-2-6-10(7)8(13(18)16-12)4-9-11(6)15-5-14-9/h1-5,11H,(H,16,17,18). The zero-order valence-corrected chi connectivity index (χ0v) is 9.18. The molecule has 1 N–H and O–H groups in total. The maximum Gasteiger partial charge on any atom is 0.258 e. The van der Waals surface area contributed by atoms with Crippen LogP contribution < -0.4 is 5.32 Å². The summed E-state index contributed by atoms with van der Waals surface area (Å²) in [5.41, 5.74) is 3.36. The third-order valence-electron chi connectivity index (χ3n) is 3.37. The molecule has 2 amide bonds. The maximum absolute atomic E-state index is 11.9. The van der Waals surface area contributed by atoms with Crippen LogP contribution in [0.1, 0.15) is 27.5 Å². The van der Waals surface area contributed by atoms with Gasteiger partial charge in [0.25, 0.3) is 11.8 Å². The molecule has 0 bridgehead atoms. The number of nitrogens with zero attached hydrogens (tertiary/aromatic N) is 2. The summed E-state index contributed by atoms with van der Waals surface area (Å²) in [6, 6.07) is 5.23. The van der Waals surface area contributed by atoms with Gasteiger partial charge in [-0.25, -0.2) is 4.99 Å². The molecule has 1 aromatic carbocycles. The van der Waals surface area contributed by atoms with Crippen LogP contribution in [0.2, 0.25) is 0 Å². The Balaban J connectivity index is 2.11. The Morgan fingerprint density at radius 2 is 2.06 bits per heavy atom. The lowest BCUT2D eigenvalue weighted by molar-refractivity contribution is -0.114. The molecule has 0 fully saturated rings. The quantitative estimate of drug-likeness (QED) is 0.680. The van der Waals surface area contributed by atoms with Crippen LogP contribution in [0, 0.1) is 0 Å². The van der Waals surface area contributed by atoms with Crippen molar-refractivity contribution in [3.05, 3.63) is 41.0 Å². The van der Waals surface area contributed by atoms with Crippen LogP contribution in [-0.4, -0.2) is 23.9 Å². The average molecular weight is 237 g/mol. The Labute approximate surface area is 102 Å².